The lowest BCUT2D eigenvalue weighted by atomic mass is 9.88. The normalized spacial score (nSPS) is 45.3. The molecular formula is C7H10O3. The molecule has 2 fully saturated rings. The third-order valence-corrected chi connectivity index (χ3v) is 2.36. The maximum atomic E-state index is 10.9. The van der Waals surface area contributed by atoms with E-state index in [0.29, 0.717) is 0 Å². The first-order valence-corrected chi connectivity index (χ1v) is 3.66. The first-order chi connectivity index (χ1) is 4.77. The highest BCUT2D eigenvalue weighted by Gasteiger charge is 2.42. The van der Waals surface area contributed by atoms with E-state index in [4.69, 9.17) is 4.74 Å². The molecule has 56 valence electrons. The number of carbonyl (C=O) groups is 1. The van der Waals surface area contributed by atoms with Crippen LogP contribution >= 0.6 is 0 Å². The Morgan fingerprint density at radius 1 is 1.50 bits per heavy atom. The minimum Gasteiger partial charge on any atom is -0.459 e. The molecule has 0 spiro atoms. The van der Waals surface area contributed by atoms with Crippen LogP contribution < -0.4 is 0 Å². The van der Waals surface area contributed by atoms with Gasteiger partial charge in [0.25, 0.3) is 0 Å². The van der Waals surface area contributed by atoms with Gasteiger partial charge in [-0.3, -0.25) is 4.79 Å². The summed E-state index contributed by atoms with van der Waals surface area (Å²) in [5, 5.41) is 9.24. The Labute approximate surface area is 59.0 Å². The van der Waals surface area contributed by atoms with Crippen LogP contribution in [0, 0.1) is 5.92 Å². The van der Waals surface area contributed by atoms with Gasteiger partial charge in [-0.25, -0.2) is 0 Å². The molecule has 0 aromatic rings. The number of aliphatic hydroxyl groups excluding tert-OH is 1. The lowest BCUT2D eigenvalue weighted by Gasteiger charge is -2.19. The average molecular weight is 142 g/mol. The number of esters is 1. The fourth-order valence-electron chi connectivity index (χ4n) is 1.70. The molecule has 3 nitrogen and oxygen atoms in total. The van der Waals surface area contributed by atoms with Crippen molar-refractivity contribution in [3.63, 3.8) is 0 Å². The fourth-order valence-corrected chi connectivity index (χ4v) is 1.70. The Hall–Kier alpha value is -0.570. The van der Waals surface area contributed by atoms with E-state index in [-0.39, 0.29) is 18.0 Å². The zero-order valence-corrected chi connectivity index (χ0v) is 5.62. The molecule has 0 radical (unpaired) electrons. The average Bonchev–Trinajstić information content (AvgIpc) is 2.21. The van der Waals surface area contributed by atoms with Gasteiger partial charge in [-0.05, 0) is 12.8 Å². The molecule has 2 rings (SSSR count). The summed E-state index contributed by atoms with van der Waals surface area (Å²) < 4.78 is 4.91. The van der Waals surface area contributed by atoms with Crippen LogP contribution in [0.25, 0.3) is 0 Å². The molecular weight excluding hydrogens is 132 g/mol. The molecule has 3 heteroatoms. The van der Waals surface area contributed by atoms with E-state index in [1.54, 1.807) is 0 Å². The highest BCUT2D eigenvalue weighted by molar-refractivity contribution is 5.75. The molecule has 0 amide bonds. The third kappa shape index (κ3) is 0.736. The number of rotatable bonds is 0. The maximum absolute atomic E-state index is 10.9. The number of aliphatic hydroxyl groups is 1. The largest absolute Gasteiger partial charge is 0.459 e. The van der Waals surface area contributed by atoms with Gasteiger partial charge in [0.2, 0.25) is 0 Å². The predicted molar refractivity (Wildman–Crippen MR) is 33.2 cm³/mol. The summed E-state index contributed by atoms with van der Waals surface area (Å²) in [6.45, 7) is 0. The summed E-state index contributed by atoms with van der Waals surface area (Å²) in [5.41, 5.74) is 0. The van der Waals surface area contributed by atoms with Crippen LogP contribution in [0.2, 0.25) is 0 Å². The topological polar surface area (TPSA) is 46.5 Å². The maximum Gasteiger partial charge on any atom is 0.309 e. The summed E-state index contributed by atoms with van der Waals surface area (Å²) in [6, 6.07) is 0. The van der Waals surface area contributed by atoms with Crippen LogP contribution in [-0.4, -0.2) is 23.3 Å². The van der Waals surface area contributed by atoms with Crippen LogP contribution in [-0.2, 0) is 9.53 Å². The minimum atomic E-state index is -0.400. The molecule has 3 atom stereocenters. The molecule has 1 N–H and O–H groups in total. The number of hydrogen-bond donors (Lipinski definition) is 1. The Kier molecular flexibility index (Phi) is 1.20. The molecule has 2 bridgehead atoms. The standard InChI is InChI=1S/C7H10O3/c8-5-2-1-4-3-6(5)10-7(4)9/h4-6,8H,1-3H2. The lowest BCUT2D eigenvalue weighted by Crippen LogP contribution is -2.28. The van der Waals surface area contributed by atoms with Crippen molar-refractivity contribution in [1.29, 1.82) is 0 Å². The Morgan fingerprint density at radius 2 is 2.30 bits per heavy atom. The highest BCUT2D eigenvalue weighted by Crippen LogP contribution is 2.33. The first-order valence-electron chi connectivity index (χ1n) is 3.66. The minimum absolute atomic E-state index is 0.0911. The molecule has 1 saturated carbocycles. The van der Waals surface area contributed by atoms with Crippen molar-refractivity contribution < 1.29 is 14.6 Å². The quantitative estimate of drug-likeness (QED) is 0.487. The van der Waals surface area contributed by atoms with Gasteiger partial charge in [-0.15, -0.1) is 0 Å². The molecule has 1 saturated heterocycles. The Balaban J connectivity index is 2.15. The van der Waals surface area contributed by atoms with Crippen LogP contribution in [0.3, 0.4) is 0 Å². The molecule has 1 heterocycles. The summed E-state index contributed by atoms with van der Waals surface area (Å²) in [6.07, 6.45) is 1.67. The van der Waals surface area contributed by atoms with Crippen LogP contribution in [0.4, 0.5) is 0 Å². The van der Waals surface area contributed by atoms with Gasteiger partial charge in [0, 0.05) is 6.42 Å². The van der Waals surface area contributed by atoms with Gasteiger partial charge in [-0.2, -0.15) is 0 Å². The van der Waals surface area contributed by atoms with E-state index >= 15 is 0 Å². The third-order valence-electron chi connectivity index (χ3n) is 2.36. The number of carbonyl (C=O) groups excluding carboxylic acids is 1. The van der Waals surface area contributed by atoms with Crippen molar-refractivity contribution in [2.24, 2.45) is 5.92 Å². The van der Waals surface area contributed by atoms with E-state index in [1.165, 1.54) is 0 Å². The van der Waals surface area contributed by atoms with Crippen LogP contribution in [0.5, 0.6) is 0 Å². The van der Waals surface area contributed by atoms with E-state index in [1.807, 2.05) is 0 Å². The number of fused-ring (bicyclic) bond motifs is 2. The molecule has 10 heavy (non-hydrogen) atoms. The molecule has 0 aromatic heterocycles. The van der Waals surface area contributed by atoms with Gasteiger partial charge in [0.15, 0.2) is 0 Å². The van der Waals surface area contributed by atoms with Gasteiger partial charge in [0.05, 0.1) is 12.0 Å². The smallest absolute Gasteiger partial charge is 0.309 e. The zero-order chi connectivity index (χ0) is 7.14. The SMILES string of the molecule is O=C1OC2CC1CCC2O. The summed E-state index contributed by atoms with van der Waals surface area (Å²) >= 11 is 0. The molecule has 1 aliphatic heterocycles. The van der Waals surface area contributed by atoms with E-state index in [0.717, 1.165) is 19.3 Å². The Bertz CT molecular complexity index is 166. The van der Waals surface area contributed by atoms with Crippen molar-refractivity contribution in [3.8, 4) is 0 Å². The van der Waals surface area contributed by atoms with Crippen LogP contribution in [0.1, 0.15) is 19.3 Å². The second-order valence-electron chi connectivity index (χ2n) is 3.05. The van der Waals surface area contributed by atoms with Gasteiger partial charge < -0.3 is 9.84 Å². The predicted octanol–water partition coefficient (Wildman–Crippen LogP) is 0.0728. The molecule has 2 aliphatic rings. The summed E-state index contributed by atoms with van der Waals surface area (Å²) in [4.78, 5) is 10.9. The molecule has 1 aliphatic carbocycles. The van der Waals surface area contributed by atoms with Crippen molar-refractivity contribution in [1.82, 2.24) is 0 Å². The number of hydrogen-bond acceptors (Lipinski definition) is 3. The molecule has 3 unspecified atom stereocenters. The van der Waals surface area contributed by atoms with E-state index < -0.39 is 6.10 Å². The van der Waals surface area contributed by atoms with Gasteiger partial charge in [0.1, 0.15) is 6.10 Å². The lowest BCUT2D eigenvalue weighted by molar-refractivity contribution is -0.145. The van der Waals surface area contributed by atoms with Crippen LogP contribution in [0.15, 0.2) is 0 Å². The second kappa shape index (κ2) is 1.95. The van der Waals surface area contributed by atoms with Crippen molar-refractivity contribution in [2.45, 2.75) is 31.5 Å². The van der Waals surface area contributed by atoms with Gasteiger partial charge in [-0.1, -0.05) is 0 Å². The van der Waals surface area contributed by atoms with Crippen molar-refractivity contribution in [2.75, 3.05) is 0 Å². The molecule has 0 aromatic carbocycles. The van der Waals surface area contributed by atoms with E-state index in [2.05, 4.69) is 0 Å². The monoisotopic (exact) mass is 142 g/mol. The summed E-state index contributed by atoms with van der Waals surface area (Å²) in [5.74, 6) is -0.0186. The fraction of sp³-hybridized carbons (Fsp3) is 0.857. The Morgan fingerprint density at radius 3 is 3.00 bits per heavy atom. The van der Waals surface area contributed by atoms with Crippen molar-refractivity contribution in [3.05, 3.63) is 0 Å². The highest BCUT2D eigenvalue weighted by atomic mass is 16.6. The number of ether oxygens (including phenoxy) is 1. The first kappa shape index (κ1) is 6.16. The zero-order valence-electron chi connectivity index (χ0n) is 5.62. The van der Waals surface area contributed by atoms with Gasteiger partial charge >= 0.3 is 5.97 Å². The summed E-state index contributed by atoms with van der Waals surface area (Å²) in [7, 11) is 0. The van der Waals surface area contributed by atoms with E-state index in [9.17, 15) is 9.90 Å². The second-order valence-corrected chi connectivity index (χ2v) is 3.05. The van der Waals surface area contributed by atoms with Crippen molar-refractivity contribution >= 4 is 5.97 Å².